The van der Waals surface area contributed by atoms with Crippen molar-refractivity contribution in [2.45, 2.75) is 32.0 Å². The summed E-state index contributed by atoms with van der Waals surface area (Å²) in [5.74, 6) is 0.462. The van der Waals surface area contributed by atoms with Crippen LogP contribution in [0.5, 0.6) is 0 Å². The Labute approximate surface area is 91.8 Å². The summed E-state index contributed by atoms with van der Waals surface area (Å²) >= 11 is 0. The van der Waals surface area contributed by atoms with E-state index in [1.807, 2.05) is 12.1 Å². The standard InChI is InChI=1S/C14H18O/c1-3-12-10-9-11(2)15-14(12)13-7-5-4-6-8-13/h3-8,11-12,14H,1,9-10H2,2H3/t11-,12-,14-/m0/s1. The lowest BCUT2D eigenvalue weighted by molar-refractivity contribution is -0.0643. The second kappa shape index (κ2) is 4.63. The molecule has 1 aromatic carbocycles. The summed E-state index contributed by atoms with van der Waals surface area (Å²) in [5, 5.41) is 0. The molecule has 0 amide bonds. The molecule has 1 aliphatic rings. The molecule has 0 spiro atoms. The first-order chi connectivity index (χ1) is 7.31. The average Bonchev–Trinajstić information content (AvgIpc) is 2.30. The number of hydrogen-bond donors (Lipinski definition) is 0. The number of ether oxygens (including phenoxy) is 1. The normalized spacial score (nSPS) is 31.1. The fraction of sp³-hybridized carbons (Fsp3) is 0.429. The summed E-state index contributed by atoms with van der Waals surface area (Å²) in [4.78, 5) is 0. The Bertz CT molecular complexity index is 317. The van der Waals surface area contributed by atoms with Crippen LogP contribution in [0.2, 0.25) is 0 Å². The molecule has 0 unspecified atom stereocenters. The summed E-state index contributed by atoms with van der Waals surface area (Å²) in [6.07, 6.45) is 4.92. The Morgan fingerprint density at radius 3 is 2.67 bits per heavy atom. The number of rotatable bonds is 2. The number of hydrogen-bond acceptors (Lipinski definition) is 1. The minimum absolute atomic E-state index is 0.201. The van der Waals surface area contributed by atoms with Crippen LogP contribution in [0, 0.1) is 5.92 Å². The molecular formula is C14H18O. The van der Waals surface area contributed by atoms with Crippen LogP contribution in [0.15, 0.2) is 43.0 Å². The summed E-state index contributed by atoms with van der Waals surface area (Å²) in [6.45, 7) is 6.05. The molecule has 1 fully saturated rings. The molecule has 3 atom stereocenters. The van der Waals surface area contributed by atoms with Gasteiger partial charge in [0.25, 0.3) is 0 Å². The Morgan fingerprint density at radius 2 is 2.00 bits per heavy atom. The molecular weight excluding hydrogens is 184 g/mol. The third-order valence-corrected chi connectivity index (χ3v) is 3.11. The maximum Gasteiger partial charge on any atom is 0.0890 e. The van der Waals surface area contributed by atoms with Crippen molar-refractivity contribution < 1.29 is 4.74 Å². The molecule has 0 bridgehead atoms. The second-order valence-electron chi connectivity index (χ2n) is 4.25. The van der Waals surface area contributed by atoms with Crippen molar-refractivity contribution in [1.29, 1.82) is 0 Å². The minimum Gasteiger partial charge on any atom is -0.370 e. The molecule has 1 heteroatoms. The van der Waals surface area contributed by atoms with Gasteiger partial charge in [-0.3, -0.25) is 0 Å². The summed E-state index contributed by atoms with van der Waals surface area (Å²) < 4.78 is 6.00. The Balaban J connectivity index is 2.20. The maximum absolute atomic E-state index is 6.00. The summed E-state index contributed by atoms with van der Waals surface area (Å²) in [6, 6.07) is 10.5. The van der Waals surface area contributed by atoms with Crippen LogP contribution in [0.4, 0.5) is 0 Å². The molecule has 0 radical (unpaired) electrons. The van der Waals surface area contributed by atoms with E-state index in [4.69, 9.17) is 4.74 Å². The lowest BCUT2D eigenvalue weighted by Gasteiger charge is -2.34. The van der Waals surface area contributed by atoms with Gasteiger partial charge in [0.15, 0.2) is 0 Å². The first-order valence-electron chi connectivity index (χ1n) is 5.64. The Morgan fingerprint density at radius 1 is 1.27 bits per heavy atom. The summed E-state index contributed by atoms with van der Waals surface area (Å²) in [7, 11) is 0. The molecule has 0 N–H and O–H groups in total. The van der Waals surface area contributed by atoms with Gasteiger partial charge >= 0.3 is 0 Å². The van der Waals surface area contributed by atoms with Crippen LogP contribution in [-0.2, 0) is 4.74 Å². The predicted octanol–water partition coefficient (Wildman–Crippen LogP) is 3.73. The third-order valence-electron chi connectivity index (χ3n) is 3.11. The topological polar surface area (TPSA) is 9.23 Å². The van der Waals surface area contributed by atoms with Gasteiger partial charge in [-0.15, -0.1) is 6.58 Å². The van der Waals surface area contributed by atoms with Gasteiger partial charge in [-0.25, -0.2) is 0 Å². The lowest BCUT2D eigenvalue weighted by atomic mass is 9.88. The first kappa shape index (κ1) is 10.4. The largest absolute Gasteiger partial charge is 0.370 e. The van der Waals surface area contributed by atoms with E-state index in [2.05, 4.69) is 37.8 Å². The fourth-order valence-corrected chi connectivity index (χ4v) is 2.21. The zero-order valence-corrected chi connectivity index (χ0v) is 9.23. The van der Waals surface area contributed by atoms with Gasteiger partial charge in [-0.1, -0.05) is 36.4 Å². The van der Waals surface area contributed by atoms with Crippen molar-refractivity contribution in [2.75, 3.05) is 0 Å². The van der Waals surface area contributed by atoms with Crippen LogP contribution < -0.4 is 0 Å². The van der Waals surface area contributed by atoms with Crippen molar-refractivity contribution in [3.8, 4) is 0 Å². The Kier molecular flexibility index (Phi) is 3.22. The van der Waals surface area contributed by atoms with E-state index in [1.165, 1.54) is 12.0 Å². The highest BCUT2D eigenvalue weighted by Crippen LogP contribution is 2.36. The van der Waals surface area contributed by atoms with E-state index in [-0.39, 0.29) is 6.10 Å². The van der Waals surface area contributed by atoms with E-state index in [1.54, 1.807) is 0 Å². The molecule has 1 saturated heterocycles. The molecule has 0 aromatic heterocycles. The zero-order chi connectivity index (χ0) is 10.7. The van der Waals surface area contributed by atoms with E-state index in [9.17, 15) is 0 Å². The first-order valence-corrected chi connectivity index (χ1v) is 5.64. The quantitative estimate of drug-likeness (QED) is 0.664. The highest BCUT2D eigenvalue weighted by molar-refractivity contribution is 5.20. The highest BCUT2D eigenvalue weighted by atomic mass is 16.5. The zero-order valence-electron chi connectivity index (χ0n) is 9.23. The van der Waals surface area contributed by atoms with E-state index in [0.29, 0.717) is 12.0 Å². The molecule has 0 saturated carbocycles. The van der Waals surface area contributed by atoms with E-state index < -0.39 is 0 Å². The van der Waals surface area contributed by atoms with Gasteiger partial charge in [-0.05, 0) is 25.3 Å². The van der Waals surface area contributed by atoms with Gasteiger partial charge < -0.3 is 4.74 Å². The van der Waals surface area contributed by atoms with Gasteiger partial charge in [-0.2, -0.15) is 0 Å². The van der Waals surface area contributed by atoms with Gasteiger partial charge in [0.1, 0.15) is 0 Å². The molecule has 1 aliphatic heterocycles. The van der Waals surface area contributed by atoms with Crippen molar-refractivity contribution in [2.24, 2.45) is 5.92 Å². The van der Waals surface area contributed by atoms with Crippen LogP contribution >= 0.6 is 0 Å². The van der Waals surface area contributed by atoms with Crippen molar-refractivity contribution in [1.82, 2.24) is 0 Å². The van der Waals surface area contributed by atoms with E-state index >= 15 is 0 Å². The molecule has 80 valence electrons. The molecule has 0 aliphatic carbocycles. The van der Waals surface area contributed by atoms with Gasteiger partial charge in [0, 0.05) is 5.92 Å². The van der Waals surface area contributed by atoms with Crippen LogP contribution in [0.3, 0.4) is 0 Å². The van der Waals surface area contributed by atoms with Crippen molar-refractivity contribution in [3.63, 3.8) is 0 Å². The fourth-order valence-electron chi connectivity index (χ4n) is 2.21. The number of benzene rings is 1. The van der Waals surface area contributed by atoms with Crippen molar-refractivity contribution >= 4 is 0 Å². The molecule has 1 nitrogen and oxygen atoms in total. The highest BCUT2D eigenvalue weighted by Gasteiger charge is 2.28. The predicted molar refractivity (Wildman–Crippen MR) is 62.7 cm³/mol. The van der Waals surface area contributed by atoms with Crippen LogP contribution in [0.25, 0.3) is 0 Å². The third kappa shape index (κ3) is 2.29. The van der Waals surface area contributed by atoms with Gasteiger partial charge in [0.2, 0.25) is 0 Å². The molecule has 1 heterocycles. The average molecular weight is 202 g/mol. The second-order valence-corrected chi connectivity index (χ2v) is 4.25. The summed E-state index contributed by atoms with van der Waals surface area (Å²) in [5.41, 5.74) is 1.27. The van der Waals surface area contributed by atoms with Gasteiger partial charge in [0.05, 0.1) is 12.2 Å². The monoisotopic (exact) mass is 202 g/mol. The molecule has 1 aromatic rings. The minimum atomic E-state index is 0.201. The SMILES string of the molecule is C=C[C@H]1CC[C@H](C)O[C@@H]1c1ccccc1. The Hall–Kier alpha value is -1.08. The van der Waals surface area contributed by atoms with Crippen LogP contribution in [-0.4, -0.2) is 6.10 Å². The molecule has 2 rings (SSSR count). The maximum atomic E-state index is 6.00. The lowest BCUT2D eigenvalue weighted by Crippen LogP contribution is -2.26. The van der Waals surface area contributed by atoms with Crippen molar-refractivity contribution in [3.05, 3.63) is 48.6 Å². The smallest absolute Gasteiger partial charge is 0.0890 e. The molecule has 15 heavy (non-hydrogen) atoms. The van der Waals surface area contributed by atoms with Crippen LogP contribution in [0.1, 0.15) is 31.4 Å². The van der Waals surface area contributed by atoms with E-state index in [0.717, 1.165) is 6.42 Å².